The molecule has 0 bridgehead atoms. The third-order valence-electron chi connectivity index (χ3n) is 4.11. The number of amides is 2. The van der Waals surface area contributed by atoms with Crippen molar-refractivity contribution in [2.45, 2.75) is 32.2 Å². The molecule has 1 aliphatic rings. The minimum absolute atomic E-state index is 0.0687. The van der Waals surface area contributed by atoms with Crippen molar-refractivity contribution in [2.75, 3.05) is 11.9 Å². The van der Waals surface area contributed by atoms with E-state index in [-0.39, 0.29) is 12.1 Å². The van der Waals surface area contributed by atoms with Gasteiger partial charge in [-0.3, -0.25) is 0 Å². The maximum absolute atomic E-state index is 12.4. The number of ether oxygens (including phenoxy) is 1. The molecular formula is C19H22N2O2. The summed E-state index contributed by atoms with van der Waals surface area (Å²) in [6, 6.07) is 15.7. The molecule has 4 heteroatoms. The molecule has 1 atom stereocenters. The van der Waals surface area contributed by atoms with Gasteiger partial charge in [0, 0.05) is 0 Å². The highest BCUT2D eigenvalue weighted by Crippen LogP contribution is 2.30. The van der Waals surface area contributed by atoms with Gasteiger partial charge in [0.15, 0.2) is 0 Å². The Morgan fingerprint density at radius 2 is 1.96 bits per heavy atom. The molecule has 0 saturated carbocycles. The van der Waals surface area contributed by atoms with Crippen molar-refractivity contribution in [1.29, 1.82) is 0 Å². The van der Waals surface area contributed by atoms with Crippen LogP contribution in [-0.2, 0) is 6.42 Å². The summed E-state index contributed by atoms with van der Waals surface area (Å²) in [6.45, 7) is 2.49. The largest absolute Gasteiger partial charge is 0.492 e. The summed E-state index contributed by atoms with van der Waals surface area (Å²) in [6.07, 6.45) is 3.15. The summed E-state index contributed by atoms with van der Waals surface area (Å²) in [5, 5.41) is 5.99. The lowest BCUT2D eigenvalue weighted by Gasteiger charge is -2.26. The number of rotatable bonds is 4. The number of carbonyl (C=O) groups excluding carboxylic acids is 1. The van der Waals surface area contributed by atoms with E-state index in [1.165, 1.54) is 11.1 Å². The van der Waals surface area contributed by atoms with Crippen LogP contribution in [-0.4, -0.2) is 12.6 Å². The fourth-order valence-electron chi connectivity index (χ4n) is 3.07. The molecule has 0 unspecified atom stereocenters. The Morgan fingerprint density at radius 1 is 1.17 bits per heavy atom. The maximum atomic E-state index is 12.4. The predicted molar refractivity (Wildman–Crippen MR) is 91.9 cm³/mol. The van der Waals surface area contributed by atoms with Gasteiger partial charge < -0.3 is 15.4 Å². The maximum Gasteiger partial charge on any atom is 0.319 e. The van der Waals surface area contributed by atoms with Crippen molar-refractivity contribution < 1.29 is 9.53 Å². The van der Waals surface area contributed by atoms with Gasteiger partial charge in [-0.25, -0.2) is 4.79 Å². The van der Waals surface area contributed by atoms with Crippen LogP contribution in [0.1, 0.15) is 36.9 Å². The van der Waals surface area contributed by atoms with Gasteiger partial charge in [0.1, 0.15) is 5.75 Å². The second kappa shape index (κ2) is 7.18. The van der Waals surface area contributed by atoms with E-state index in [9.17, 15) is 4.79 Å². The normalized spacial score (nSPS) is 16.3. The lowest BCUT2D eigenvalue weighted by molar-refractivity contribution is 0.247. The van der Waals surface area contributed by atoms with Gasteiger partial charge in [0.2, 0.25) is 0 Å². The molecule has 23 heavy (non-hydrogen) atoms. The van der Waals surface area contributed by atoms with Gasteiger partial charge in [-0.05, 0) is 49.4 Å². The van der Waals surface area contributed by atoms with Gasteiger partial charge >= 0.3 is 6.03 Å². The standard InChI is InChI=1S/C19H22N2O2/c1-2-23-18-13-6-5-11-17(18)21-19(22)20-16-12-7-9-14-8-3-4-10-15(14)16/h3-6,8,10-11,13,16H,2,7,9,12H2,1H3,(H2,20,21,22)/t16-/m0/s1. The highest BCUT2D eigenvalue weighted by atomic mass is 16.5. The van der Waals surface area contributed by atoms with Crippen molar-refractivity contribution in [1.82, 2.24) is 5.32 Å². The fourth-order valence-corrected chi connectivity index (χ4v) is 3.07. The molecule has 4 nitrogen and oxygen atoms in total. The molecule has 0 aromatic heterocycles. The average Bonchev–Trinajstić information content (AvgIpc) is 2.57. The molecule has 0 saturated heterocycles. The van der Waals surface area contributed by atoms with Crippen LogP contribution in [0, 0.1) is 0 Å². The van der Waals surface area contributed by atoms with E-state index in [1.807, 2.05) is 37.3 Å². The first-order chi connectivity index (χ1) is 11.3. The number of anilines is 1. The van der Waals surface area contributed by atoms with Crippen LogP contribution in [0.25, 0.3) is 0 Å². The van der Waals surface area contributed by atoms with Crippen molar-refractivity contribution in [3.8, 4) is 5.75 Å². The first kappa shape index (κ1) is 15.4. The first-order valence-electron chi connectivity index (χ1n) is 8.15. The molecule has 2 aromatic rings. The Kier molecular flexibility index (Phi) is 4.81. The molecule has 120 valence electrons. The Hall–Kier alpha value is -2.49. The number of fused-ring (bicyclic) bond motifs is 1. The van der Waals surface area contributed by atoms with Crippen LogP contribution < -0.4 is 15.4 Å². The van der Waals surface area contributed by atoms with Gasteiger partial charge in [-0.15, -0.1) is 0 Å². The van der Waals surface area contributed by atoms with Crippen LogP contribution in [0.15, 0.2) is 48.5 Å². The van der Waals surface area contributed by atoms with E-state index in [2.05, 4.69) is 28.8 Å². The third-order valence-corrected chi connectivity index (χ3v) is 4.11. The molecule has 0 spiro atoms. The van der Waals surface area contributed by atoms with Gasteiger partial charge in [-0.1, -0.05) is 36.4 Å². The number of urea groups is 1. The van der Waals surface area contributed by atoms with Crippen LogP contribution in [0.4, 0.5) is 10.5 Å². The SMILES string of the molecule is CCOc1ccccc1NC(=O)N[C@H]1CCCc2ccccc21. The van der Waals surface area contributed by atoms with Crippen molar-refractivity contribution in [3.63, 3.8) is 0 Å². The molecule has 2 amide bonds. The number of para-hydroxylation sites is 2. The molecule has 2 aromatic carbocycles. The van der Waals surface area contributed by atoms with Gasteiger partial charge in [-0.2, -0.15) is 0 Å². The third kappa shape index (κ3) is 3.65. The van der Waals surface area contributed by atoms with Crippen LogP contribution >= 0.6 is 0 Å². The number of hydrogen-bond acceptors (Lipinski definition) is 2. The molecule has 0 fully saturated rings. The Labute approximate surface area is 136 Å². The van der Waals surface area contributed by atoms with Crippen molar-refractivity contribution in [3.05, 3.63) is 59.7 Å². The second-order valence-corrected chi connectivity index (χ2v) is 5.67. The van der Waals surface area contributed by atoms with Crippen molar-refractivity contribution in [2.24, 2.45) is 0 Å². The monoisotopic (exact) mass is 310 g/mol. The topological polar surface area (TPSA) is 50.4 Å². The van der Waals surface area contributed by atoms with Gasteiger partial charge in [0.05, 0.1) is 18.3 Å². The highest BCUT2D eigenvalue weighted by molar-refractivity contribution is 5.91. The minimum Gasteiger partial charge on any atom is -0.492 e. The van der Waals surface area contributed by atoms with E-state index in [0.29, 0.717) is 18.0 Å². The first-order valence-corrected chi connectivity index (χ1v) is 8.15. The summed E-state index contributed by atoms with van der Waals surface area (Å²) in [5.74, 6) is 0.689. The lowest BCUT2D eigenvalue weighted by Crippen LogP contribution is -2.34. The fraction of sp³-hybridized carbons (Fsp3) is 0.316. The zero-order valence-corrected chi connectivity index (χ0v) is 13.3. The molecule has 0 aliphatic heterocycles. The summed E-state index contributed by atoms with van der Waals surface area (Å²) >= 11 is 0. The Morgan fingerprint density at radius 3 is 2.83 bits per heavy atom. The molecule has 1 aliphatic carbocycles. The Bertz CT molecular complexity index is 685. The molecule has 2 N–H and O–H groups in total. The smallest absolute Gasteiger partial charge is 0.319 e. The van der Waals surface area contributed by atoms with Crippen molar-refractivity contribution >= 4 is 11.7 Å². The second-order valence-electron chi connectivity index (χ2n) is 5.67. The van der Waals surface area contributed by atoms with E-state index < -0.39 is 0 Å². The van der Waals surface area contributed by atoms with Crippen LogP contribution in [0.5, 0.6) is 5.75 Å². The minimum atomic E-state index is -0.196. The van der Waals surface area contributed by atoms with Gasteiger partial charge in [0.25, 0.3) is 0 Å². The summed E-state index contributed by atoms with van der Waals surface area (Å²) in [7, 11) is 0. The highest BCUT2D eigenvalue weighted by Gasteiger charge is 2.21. The Balaban J connectivity index is 1.69. The van der Waals surface area contributed by atoms with E-state index in [0.717, 1.165) is 19.3 Å². The zero-order valence-electron chi connectivity index (χ0n) is 13.3. The molecule has 0 radical (unpaired) electrons. The molecular weight excluding hydrogens is 288 g/mol. The quantitative estimate of drug-likeness (QED) is 0.885. The van der Waals surface area contributed by atoms with E-state index in [4.69, 9.17) is 4.74 Å². The zero-order chi connectivity index (χ0) is 16.1. The molecule has 3 rings (SSSR count). The predicted octanol–water partition coefficient (Wildman–Crippen LogP) is 4.28. The number of carbonyl (C=O) groups is 1. The molecule has 0 heterocycles. The number of aryl methyl sites for hydroxylation is 1. The number of hydrogen-bond donors (Lipinski definition) is 2. The van der Waals surface area contributed by atoms with Crippen LogP contribution in [0.3, 0.4) is 0 Å². The summed E-state index contributed by atoms with van der Waals surface area (Å²) < 4.78 is 5.54. The summed E-state index contributed by atoms with van der Waals surface area (Å²) in [4.78, 5) is 12.4. The van der Waals surface area contributed by atoms with Crippen LogP contribution in [0.2, 0.25) is 0 Å². The number of nitrogens with one attached hydrogen (secondary N) is 2. The van der Waals surface area contributed by atoms with E-state index >= 15 is 0 Å². The van der Waals surface area contributed by atoms with E-state index in [1.54, 1.807) is 0 Å². The number of benzene rings is 2. The lowest BCUT2D eigenvalue weighted by atomic mass is 9.88. The average molecular weight is 310 g/mol. The summed E-state index contributed by atoms with van der Waals surface area (Å²) in [5.41, 5.74) is 3.25.